The number of hydrogen-bond donors (Lipinski definition) is 1. The number of aromatic amines is 1. The summed E-state index contributed by atoms with van der Waals surface area (Å²) in [5, 5.41) is 0.762. The van der Waals surface area contributed by atoms with Crippen molar-refractivity contribution in [3.63, 3.8) is 0 Å². The molecule has 1 aliphatic carbocycles. The molecular weight excluding hydrogens is 364 g/mol. The van der Waals surface area contributed by atoms with E-state index in [0.717, 1.165) is 35.0 Å². The maximum absolute atomic E-state index is 12.5. The first-order chi connectivity index (χ1) is 13.1. The van der Waals surface area contributed by atoms with Gasteiger partial charge in [-0.05, 0) is 48.6 Å². The highest BCUT2D eigenvalue weighted by Gasteiger charge is 2.20. The molecule has 3 aromatic rings. The summed E-state index contributed by atoms with van der Waals surface area (Å²) in [5.41, 5.74) is 1.97. The Morgan fingerprint density at radius 3 is 2.48 bits per heavy atom. The highest BCUT2D eigenvalue weighted by Crippen LogP contribution is 2.38. The number of hydrogen-bond acceptors (Lipinski definition) is 6. The van der Waals surface area contributed by atoms with E-state index < -0.39 is 0 Å². The minimum Gasteiger partial charge on any atom is -0.493 e. The lowest BCUT2D eigenvalue weighted by molar-refractivity contribution is 0.324. The van der Waals surface area contributed by atoms with E-state index in [1.165, 1.54) is 10.4 Å². The van der Waals surface area contributed by atoms with E-state index >= 15 is 0 Å². The van der Waals surface area contributed by atoms with Crippen molar-refractivity contribution >= 4 is 33.7 Å². The van der Waals surface area contributed by atoms with Crippen molar-refractivity contribution in [3.8, 4) is 17.2 Å². The van der Waals surface area contributed by atoms with Crippen molar-refractivity contribution in [1.29, 1.82) is 0 Å². The zero-order valence-corrected chi connectivity index (χ0v) is 16.2. The van der Waals surface area contributed by atoms with Gasteiger partial charge in [0, 0.05) is 4.88 Å². The summed E-state index contributed by atoms with van der Waals surface area (Å²) in [5.74, 6) is 2.21. The first-order valence-electron chi connectivity index (χ1n) is 8.67. The number of aromatic nitrogens is 2. The Hall–Kier alpha value is -2.80. The standard InChI is InChI=1S/C20H20N2O4S/c1-24-13-9-11(10-14(25-2)18(13)26-3)7-8-16-21-19(23)17-12-5-4-6-15(12)27-20(17)22-16/h7-10H,4-6H2,1-3H3,(H,21,22,23)/b8-7+. The Balaban J connectivity index is 1.72. The highest BCUT2D eigenvalue weighted by atomic mass is 32.1. The molecule has 7 heteroatoms. The number of thiophene rings is 1. The summed E-state index contributed by atoms with van der Waals surface area (Å²) in [6.45, 7) is 0. The van der Waals surface area contributed by atoms with Gasteiger partial charge < -0.3 is 19.2 Å². The lowest BCUT2D eigenvalue weighted by Crippen LogP contribution is -2.09. The van der Waals surface area contributed by atoms with Crippen molar-refractivity contribution in [3.05, 3.63) is 44.3 Å². The smallest absolute Gasteiger partial charge is 0.260 e. The topological polar surface area (TPSA) is 73.4 Å². The van der Waals surface area contributed by atoms with Gasteiger partial charge in [0.1, 0.15) is 10.7 Å². The molecule has 0 saturated heterocycles. The van der Waals surface area contributed by atoms with Crippen molar-refractivity contribution in [2.75, 3.05) is 21.3 Å². The molecule has 4 rings (SSSR count). The van der Waals surface area contributed by atoms with Crippen LogP contribution in [0, 0.1) is 0 Å². The maximum atomic E-state index is 12.5. The SMILES string of the molecule is COc1cc(/C=C/c2nc3sc4c(c3c(=O)[nH]2)CCC4)cc(OC)c1OC. The zero-order valence-electron chi connectivity index (χ0n) is 15.4. The van der Waals surface area contributed by atoms with Crippen molar-refractivity contribution in [2.24, 2.45) is 0 Å². The van der Waals surface area contributed by atoms with Gasteiger partial charge in [-0.15, -0.1) is 11.3 Å². The van der Waals surface area contributed by atoms with E-state index in [9.17, 15) is 4.79 Å². The average molecular weight is 384 g/mol. The molecule has 1 aromatic carbocycles. The van der Waals surface area contributed by atoms with Crippen LogP contribution in [0.25, 0.3) is 22.4 Å². The number of nitrogens with one attached hydrogen (secondary N) is 1. The predicted octanol–water partition coefficient (Wildman–Crippen LogP) is 3.67. The molecule has 0 amide bonds. The summed E-state index contributed by atoms with van der Waals surface area (Å²) in [7, 11) is 4.72. The zero-order chi connectivity index (χ0) is 19.0. The normalized spacial score (nSPS) is 13.3. The minimum absolute atomic E-state index is 0.0658. The molecule has 0 fully saturated rings. The molecule has 0 aliphatic heterocycles. The third-order valence-electron chi connectivity index (χ3n) is 4.71. The van der Waals surface area contributed by atoms with Crippen molar-refractivity contribution < 1.29 is 14.2 Å². The molecular formula is C20H20N2O4S. The van der Waals surface area contributed by atoms with E-state index in [2.05, 4.69) is 9.97 Å². The quantitative estimate of drug-likeness (QED) is 0.727. The van der Waals surface area contributed by atoms with E-state index in [1.807, 2.05) is 18.2 Å². The van der Waals surface area contributed by atoms with Crippen molar-refractivity contribution in [2.45, 2.75) is 19.3 Å². The first-order valence-corrected chi connectivity index (χ1v) is 9.49. The van der Waals surface area contributed by atoms with Crippen molar-refractivity contribution in [1.82, 2.24) is 9.97 Å². The van der Waals surface area contributed by atoms with E-state index in [4.69, 9.17) is 14.2 Å². The average Bonchev–Trinajstić information content (AvgIpc) is 3.26. The third kappa shape index (κ3) is 3.08. The molecule has 0 bridgehead atoms. The molecule has 0 saturated carbocycles. The first kappa shape index (κ1) is 17.6. The van der Waals surface area contributed by atoms with Gasteiger partial charge in [0.2, 0.25) is 5.75 Å². The Morgan fingerprint density at radius 2 is 1.81 bits per heavy atom. The molecule has 27 heavy (non-hydrogen) atoms. The second kappa shape index (κ2) is 7.08. The van der Waals surface area contributed by atoms with Crippen LogP contribution in [0.4, 0.5) is 0 Å². The van der Waals surface area contributed by atoms with Crippen LogP contribution in [0.2, 0.25) is 0 Å². The van der Waals surface area contributed by atoms with Crippen LogP contribution in [-0.4, -0.2) is 31.3 Å². The third-order valence-corrected chi connectivity index (χ3v) is 5.90. The van der Waals surface area contributed by atoms with Crippen LogP contribution < -0.4 is 19.8 Å². The molecule has 1 aliphatic rings. The molecule has 0 unspecified atom stereocenters. The molecule has 2 heterocycles. The van der Waals surface area contributed by atoms with Gasteiger partial charge in [0.25, 0.3) is 5.56 Å². The van der Waals surface area contributed by atoms with Gasteiger partial charge in [0.15, 0.2) is 11.5 Å². The molecule has 0 radical (unpaired) electrons. The van der Waals surface area contributed by atoms with Gasteiger partial charge >= 0.3 is 0 Å². The number of ether oxygens (including phenoxy) is 3. The molecule has 0 atom stereocenters. The van der Waals surface area contributed by atoms with Gasteiger partial charge in [-0.1, -0.05) is 6.08 Å². The van der Waals surface area contributed by atoms with Gasteiger partial charge in [-0.2, -0.15) is 0 Å². The summed E-state index contributed by atoms with van der Waals surface area (Å²) < 4.78 is 16.1. The summed E-state index contributed by atoms with van der Waals surface area (Å²) in [6.07, 6.45) is 6.79. The number of aryl methyl sites for hydroxylation is 2. The Bertz CT molecular complexity index is 1070. The second-order valence-electron chi connectivity index (χ2n) is 6.28. The Kier molecular flexibility index (Phi) is 4.61. The van der Waals surface area contributed by atoms with Crippen LogP contribution in [-0.2, 0) is 12.8 Å². The van der Waals surface area contributed by atoms with Crippen LogP contribution >= 0.6 is 11.3 Å². The predicted molar refractivity (Wildman–Crippen MR) is 107 cm³/mol. The number of methoxy groups -OCH3 is 3. The molecule has 140 valence electrons. The fraction of sp³-hybridized carbons (Fsp3) is 0.300. The van der Waals surface area contributed by atoms with Crippen LogP contribution in [0.15, 0.2) is 16.9 Å². The molecule has 2 aromatic heterocycles. The van der Waals surface area contributed by atoms with Gasteiger partial charge in [-0.3, -0.25) is 4.79 Å². The fourth-order valence-electron chi connectivity index (χ4n) is 3.47. The number of nitrogens with zero attached hydrogens (tertiary/aromatic N) is 1. The van der Waals surface area contributed by atoms with E-state index in [1.54, 1.807) is 38.7 Å². The number of benzene rings is 1. The largest absolute Gasteiger partial charge is 0.493 e. The van der Waals surface area contributed by atoms with E-state index in [0.29, 0.717) is 23.1 Å². The lowest BCUT2D eigenvalue weighted by Gasteiger charge is -2.12. The Labute approximate surface area is 160 Å². The monoisotopic (exact) mass is 384 g/mol. The number of H-pyrrole nitrogens is 1. The second-order valence-corrected chi connectivity index (χ2v) is 7.36. The molecule has 1 N–H and O–H groups in total. The lowest BCUT2D eigenvalue weighted by atomic mass is 10.1. The maximum Gasteiger partial charge on any atom is 0.260 e. The summed E-state index contributed by atoms with van der Waals surface area (Å²) >= 11 is 1.63. The number of rotatable bonds is 5. The van der Waals surface area contributed by atoms with E-state index in [-0.39, 0.29) is 5.56 Å². The van der Waals surface area contributed by atoms with Gasteiger partial charge in [-0.25, -0.2) is 4.98 Å². The minimum atomic E-state index is -0.0658. The molecule has 6 nitrogen and oxygen atoms in total. The number of fused-ring (bicyclic) bond motifs is 3. The summed E-state index contributed by atoms with van der Waals surface area (Å²) in [6, 6.07) is 3.68. The molecule has 0 spiro atoms. The van der Waals surface area contributed by atoms with Crippen LogP contribution in [0.5, 0.6) is 17.2 Å². The van der Waals surface area contributed by atoms with Gasteiger partial charge in [0.05, 0.1) is 26.7 Å². The van der Waals surface area contributed by atoms with Crippen LogP contribution in [0.3, 0.4) is 0 Å². The summed E-state index contributed by atoms with van der Waals surface area (Å²) in [4.78, 5) is 22.2. The van der Waals surface area contributed by atoms with Crippen LogP contribution in [0.1, 0.15) is 28.2 Å². The highest BCUT2D eigenvalue weighted by molar-refractivity contribution is 7.18. The Morgan fingerprint density at radius 1 is 1.07 bits per heavy atom. The fourth-order valence-corrected chi connectivity index (χ4v) is 4.74.